The van der Waals surface area contributed by atoms with Crippen LogP contribution in [0.2, 0.25) is 0 Å². The predicted octanol–water partition coefficient (Wildman–Crippen LogP) is 4.75. The molecule has 3 aromatic rings. The summed E-state index contributed by atoms with van der Waals surface area (Å²) in [7, 11) is 0. The number of anilines is 1. The van der Waals surface area contributed by atoms with Gasteiger partial charge in [-0.3, -0.25) is 9.59 Å². The van der Waals surface area contributed by atoms with Crippen LogP contribution in [-0.4, -0.2) is 24.1 Å². The summed E-state index contributed by atoms with van der Waals surface area (Å²) in [5, 5.41) is 5.72. The van der Waals surface area contributed by atoms with Crippen LogP contribution < -0.4 is 10.6 Å². The molecule has 0 radical (unpaired) electrons. The first kappa shape index (κ1) is 19.8. The summed E-state index contributed by atoms with van der Waals surface area (Å²) >= 11 is 1.77. The van der Waals surface area contributed by atoms with E-state index in [1.807, 2.05) is 31.2 Å². The molecule has 0 saturated carbocycles. The molecular weight excluding hydrogens is 372 g/mol. The molecule has 0 atom stereocenters. The van der Waals surface area contributed by atoms with E-state index in [0.29, 0.717) is 17.8 Å². The molecule has 6 heteroatoms. The Morgan fingerprint density at radius 2 is 1.82 bits per heavy atom. The summed E-state index contributed by atoms with van der Waals surface area (Å²) in [6.07, 6.45) is 2.32. The average Bonchev–Trinajstić information content (AvgIpc) is 3.25. The molecule has 0 spiro atoms. The normalized spacial score (nSPS) is 10.5. The van der Waals surface area contributed by atoms with Gasteiger partial charge in [-0.25, -0.2) is 0 Å². The zero-order valence-corrected chi connectivity index (χ0v) is 16.4. The Morgan fingerprint density at radius 3 is 2.57 bits per heavy atom. The van der Waals surface area contributed by atoms with Crippen LogP contribution in [0.15, 0.2) is 76.2 Å². The average molecular weight is 394 g/mol. The fraction of sp³-hybridized carbons (Fsp3) is 0.182. The maximum atomic E-state index is 12.4. The number of nitrogens with one attached hydrogen (secondary N) is 2. The lowest BCUT2D eigenvalue weighted by Gasteiger charge is -2.10. The van der Waals surface area contributed by atoms with Crippen LogP contribution in [0.4, 0.5) is 5.69 Å². The van der Waals surface area contributed by atoms with Crippen molar-refractivity contribution in [1.82, 2.24) is 5.32 Å². The minimum Gasteiger partial charge on any atom is -0.459 e. The van der Waals surface area contributed by atoms with Crippen molar-refractivity contribution in [2.75, 3.05) is 17.6 Å². The SMILES string of the molecule is Cc1ccc(C(=O)NCCCSc2ccccc2)cc1NC(=O)c1ccco1. The van der Waals surface area contributed by atoms with E-state index in [9.17, 15) is 9.59 Å². The molecule has 0 saturated heterocycles. The quantitative estimate of drug-likeness (QED) is 0.427. The molecule has 1 aromatic heterocycles. The van der Waals surface area contributed by atoms with Crippen molar-refractivity contribution >= 4 is 29.3 Å². The first-order chi connectivity index (χ1) is 13.6. The summed E-state index contributed by atoms with van der Waals surface area (Å²) in [6, 6.07) is 18.7. The Labute approximate surface area is 168 Å². The lowest BCUT2D eigenvalue weighted by molar-refractivity contribution is 0.0951. The first-order valence-corrected chi connectivity index (χ1v) is 10.0. The molecule has 5 nitrogen and oxygen atoms in total. The number of benzene rings is 2. The van der Waals surface area contributed by atoms with Crippen molar-refractivity contribution in [2.24, 2.45) is 0 Å². The molecule has 0 aliphatic rings. The molecule has 0 unspecified atom stereocenters. The highest BCUT2D eigenvalue weighted by Crippen LogP contribution is 2.19. The molecular formula is C22H22N2O3S. The van der Waals surface area contributed by atoms with Gasteiger partial charge >= 0.3 is 0 Å². The number of hydrogen-bond acceptors (Lipinski definition) is 4. The van der Waals surface area contributed by atoms with Crippen molar-refractivity contribution in [2.45, 2.75) is 18.2 Å². The van der Waals surface area contributed by atoms with E-state index in [2.05, 4.69) is 22.8 Å². The van der Waals surface area contributed by atoms with E-state index in [4.69, 9.17) is 4.42 Å². The van der Waals surface area contributed by atoms with Gasteiger partial charge in [-0.2, -0.15) is 0 Å². The number of furan rings is 1. The highest BCUT2D eigenvalue weighted by Gasteiger charge is 2.12. The number of aryl methyl sites for hydroxylation is 1. The molecule has 28 heavy (non-hydrogen) atoms. The topological polar surface area (TPSA) is 71.3 Å². The second-order valence-corrected chi connectivity index (χ2v) is 7.40. The maximum absolute atomic E-state index is 12.4. The van der Waals surface area contributed by atoms with E-state index in [-0.39, 0.29) is 17.6 Å². The van der Waals surface area contributed by atoms with Crippen LogP contribution in [-0.2, 0) is 0 Å². The highest BCUT2D eigenvalue weighted by molar-refractivity contribution is 7.99. The van der Waals surface area contributed by atoms with Crippen molar-refractivity contribution in [3.63, 3.8) is 0 Å². The lowest BCUT2D eigenvalue weighted by atomic mass is 10.1. The van der Waals surface area contributed by atoms with Crippen LogP contribution in [0, 0.1) is 6.92 Å². The van der Waals surface area contributed by atoms with Crippen molar-refractivity contribution in [3.05, 3.63) is 83.8 Å². The highest BCUT2D eigenvalue weighted by atomic mass is 32.2. The Morgan fingerprint density at radius 1 is 1.00 bits per heavy atom. The molecule has 2 amide bonds. The Kier molecular flexibility index (Phi) is 6.92. The van der Waals surface area contributed by atoms with Crippen LogP contribution in [0.3, 0.4) is 0 Å². The fourth-order valence-electron chi connectivity index (χ4n) is 2.57. The van der Waals surface area contributed by atoms with Gasteiger partial charge in [0.1, 0.15) is 0 Å². The van der Waals surface area contributed by atoms with Crippen molar-refractivity contribution < 1.29 is 14.0 Å². The fourth-order valence-corrected chi connectivity index (χ4v) is 3.45. The van der Waals surface area contributed by atoms with Crippen LogP contribution in [0.1, 0.15) is 32.9 Å². The van der Waals surface area contributed by atoms with Crippen molar-refractivity contribution in [1.29, 1.82) is 0 Å². The molecule has 3 rings (SSSR count). The van der Waals surface area contributed by atoms with Crippen LogP contribution in [0.5, 0.6) is 0 Å². The molecule has 0 aliphatic heterocycles. The minimum atomic E-state index is -0.344. The standard InChI is InChI=1S/C22H22N2O3S/c1-16-10-11-17(15-19(16)24-22(26)20-9-5-13-27-20)21(25)23-12-6-14-28-18-7-3-2-4-8-18/h2-5,7-11,13,15H,6,12,14H2,1H3,(H,23,25)(H,24,26). The molecule has 144 valence electrons. The summed E-state index contributed by atoms with van der Waals surface area (Å²) in [5.74, 6) is 0.662. The van der Waals surface area contributed by atoms with Gasteiger partial charge in [0.25, 0.3) is 11.8 Å². The molecule has 2 aromatic carbocycles. The van der Waals surface area contributed by atoms with Gasteiger partial charge < -0.3 is 15.1 Å². The number of amides is 2. The number of thioether (sulfide) groups is 1. The van der Waals surface area contributed by atoms with E-state index in [1.54, 1.807) is 36.0 Å². The van der Waals surface area contributed by atoms with Crippen LogP contribution >= 0.6 is 11.8 Å². The van der Waals surface area contributed by atoms with Gasteiger partial charge in [0.15, 0.2) is 5.76 Å². The number of hydrogen-bond donors (Lipinski definition) is 2. The second kappa shape index (κ2) is 9.80. The number of carbonyl (C=O) groups excluding carboxylic acids is 2. The van der Waals surface area contributed by atoms with Gasteiger partial charge in [0.2, 0.25) is 0 Å². The third kappa shape index (κ3) is 5.50. The monoisotopic (exact) mass is 394 g/mol. The summed E-state index contributed by atoms with van der Waals surface area (Å²) < 4.78 is 5.10. The van der Waals surface area contributed by atoms with Crippen LogP contribution in [0.25, 0.3) is 0 Å². The number of carbonyl (C=O) groups is 2. The third-order valence-corrected chi connectivity index (χ3v) is 5.21. The molecule has 1 heterocycles. The maximum Gasteiger partial charge on any atom is 0.291 e. The van der Waals surface area contributed by atoms with E-state index in [1.165, 1.54) is 11.2 Å². The van der Waals surface area contributed by atoms with Gasteiger partial charge in [-0.15, -0.1) is 11.8 Å². The van der Waals surface area contributed by atoms with E-state index < -0.39 is 0 Å². The second-order valence-electron chi connectivity index (χ2n) is 6.23. The van der Waals surface area contributed by atoms with E-state index >= 15 is 0 Å². The third-order valence-electron chi connectivity index (χ3n) is 4.11. The van der Waals surface area contributed by atoms with Gasteiger partial charge in [-0.05, 0) is 61.1 Å². The molecule has 0 aliphatic carbocycles. The minimum absolute atomic E-state index is 0.154. The Balaban J connectivity index is 1.50. The number of rotatable bonds is 8. The van der Waals surface area contributed by atoms with Crippen molar-refractivity contribution in [3.8, 4) is 0 Å². The summed E-state index contributed by atoms with van der Waals surface area (Å²) in [4.78, 5) is 25.8. The van der Waals surface area contributed by atoms with Gasteiger partial charge in [0, 0.05) is 22.7 Å². The van der Waals surface area contributed by atoms with Gasteiger partial charge in [0.05, 0.1) is 6.26 Å². The zero-order chi connectivity index (χ0) is 19.8. The predicted molar refractivity (Wildman–Crippen MR) is 112 cm³/mol. The molecule has 2 N–H and O–H groups in total. The smallest absolute Gasteiger partial charge is 0.291 e. The molecule has 0 bridgehead atoms. The summed E-state index contributed by atoms with van der Waals surface area (Å²) in [6.45, 7) is 2.47. The largest absolute Gasteiger partial charge is 0.459 e. The first-order valence-electron chi connectivity index (χ1n) is 9.05. The van der Waals surface area contributed by atoms with E-state index in [0.717, 1.165) is 17.7 Å². The zero-order valence-electron chi connectivity index (χ0n) is 15.6. The summed E-state index contributed by atoms with van der Waals surface area (Å²) in [5.41, 5.74) is 1.97. The Hall–Kier alpha value is -2.99. The van der Waals surface area contributed by atoms with Gasteiger partial charge in [-0.1, -0.05) is 24.3 Å². The lowest BCUT2D eigenvalue weighted by Crippen LogP contribution is -2.25. The Bertz CT molecular complexity index is 924. The molecule has 0 fully saturated rings.